The van der Waals surface area contributed by atoms with Crippen molar-refractivity contribution in [3.63, 3.8) is 0 Å². The summed E-state index contributed by atoms with van der Waals surface area (Å²) in [6.07, 6.45) is -5.59. The molecule has 0 radical (unpaired) electrons. The van der Waals surface area contributed by atoms with Gasteiger partial charge in [0.25, 0.3) is 0 Å². The number of nitro groups is 1. The van der Waals surface area contributed by atoms with Crippen LogP contribution >= 0.6 is 0 Å². The number of nitriles is 1. The molecule has 96 valence electrons. The Bertz CT molecular complexity index is 494. The van der Waals surface area contributed by atoms with Crippen molar-refractivity contribution in [2.75, 3.05) is 6.61 Å². The summed E-state index contributed by atoms with van der Waals surface area (Å²) in [5.74, 6) is -0.289. The number of benzene rings is 1. The maximum atomic E-state index is 11.9. The summed E-state index contributed by atoms with van der Waals surface area (Å²) >= 11 is 0. The smallest absolute Gasteiger partial charge is 0.392 e. The van der Waals surface area contributed by atoms with Crippen LogP contribution in [0.2, 0.25) is 0 Å². The molecule has 0 aliphatic carbocycles. The standard InChI is InChI=1S/C10H7F3N2O3/c11-10(12,13)3-4-18-9-2-1-7(6-14)5-8(9)15(16)17/h1-2,5H,3-4H2. The van der Waals surface area contributed by atoms with Crippen LogP contribution in [0.5, 0.6) is 5.75 Å². The van der Waals surface area contributed by atoms with Gasteiger partial charge in [-0.1, -0.05) is 0 Å². The lowest BCUT2D eigenvalue weighted by Gasteiger charge is -2.08. The van der Waals surface area contributed by atoms with E-state index in [1.807, 2.05) is 0 Å². The van der Waals surface area contributed by atoms with Gasteiger partial charge in [0, 0.05) is 6.07 Å². The lowest BCUT2D eigenvalue weighted by molar-refractivity contribution is -0.385. The van der Waals surface area contributed by atoms with Crippen molar-refractivity contribution in [3.05, 3.63) is 33.9 Å². The highest BCUT2D eigenvalue weighted by Crippen LogP contribution is 2.28. The van der Waals surface area contributed by atoms with Gasteiger partial charge >= 0.3 is 11.9 Å². The van der Waals surface area contributed by atoms with E-state index in [9.17, 15) is 23.3 Å². The molecule has 1 aromatic rings. The third-order valence-electron chi connectivity index (χ3n) is 1.93. The first kappa shape index (κ1) is 13.8. The highest BCUT2D eigenvalue weighted by Gasteiger charge is 2.27. The fraction of sp³-hybridized carbons (Fsp3) is 0.300. The summed E-state index contributed by atoms with van der Waals surface area (Å²) < 4.78 is 40.3. The van der Waals surface area contributed by atoms with Gasteiger partial charge in [-0.3, -0.25) is 10.1 Å². The Kier molecular flexibility index (Phi) is 4.09. The number of ether oxygens (including phenoxy) is 1. The van der Waals surface area contributed by atoms with Gasteiger partial charge in [0.05, 0.1) is 29.6 Å². The molecule has 0 amide bonds. The number of halogens is 3. The molecule has 5 nitrogen and oxygen atoms in total. The zero-order valence-corrected chi connectivity index (χ0v) is 8.90. The van der Waals surface area contributed by atoms with E-state index < -0.39 is 29.8 Å². The zero-order chi connectivity index (χ0) is 13.8. The van der Waals surface area contributed by atoms with Gasteiger partial charge in [0.1, 0.15) is 0 Å². The number of nitrogens with zero attached hydrogens (tertiary/aromatic N) is 2. The van der Waals surface area contributed by atoms with E-state index in [0.717, 1.165) is 12.1 Å². The average molecular weight is 260 g/mol. The number of alkyl halides is 3. The van der Waals surface area contributed by atoms with Gasteiger partial charge in [-0.05, 0) is 12.1 Å². The highest BCUT2D eigenvalue weighted by atomic mass is 19.4. The van der Waals surface area contributed by atoms with Crippen molar-refractivity contribution in [3.8, 4) is 11.8 Å². The third kappa shape index (κ3) is 3.93. The molecule has 0 heterocycles. The van der Waals surface area contributed by atoms with Crippen LogP contribution in [0, 0.1) is 21.4 Å². The van der Waals surface area contributed by atoms with E-state index in [-0.39, 0.29) is 11.3 Å². The highest BCUT2D eigenvalue weighted by molar-refractivity contribution is 5.51. The van der Waals surface area contributed by atoms with Gasteiger partial charge < -0.3 is 4.74 Å². The van der Waals surface area contributed by atoms with Crippen molar-refractivity contribution in [2.45, 2.75) is 12.6 Å². The summed E-state index contributed by atoms with van der Waals surface area (Å²) in [4.78, 5) is 9.83. The Balaban J connectivity index is 2.83. The van der Waals surface area contributed by atoms with Gasteiger partial charge in [-0.15, -0.1) is 0 Å². The van der Waals surface area contributed by atoms with Crippen LogP contribution in [0.4, 0.5) is 18.9 Å². The van der Waals surface area contributed by atoms with Crippen molar-refractivity contribution in [1.29, 1.82) is 5.26 Å². The molecule has 18 heavy (non-hydrogen) atoms. The summed E-state index contributed by atoms with van der Waals surface area (Å²) in [6.45, 7) is -0.712. The largest absolute Gasteiger partial charge is 0.486 e. The lowest BCUT2D eigenvalue weighted by atomic mass is 10.2. The first-order valence-corrected chi connectivity index (χ1v) is 4.71. The molecule has 0 spiro atoms. The number of nitro benzene ring substituents is 1. The fourth-order valence-electron chi connectivity index (χ4n) is 1.13. The van der Waals surface area contributed by atoms with Crippen molar-refractivity contribution < 1.29 is 22.8 Å². The van der Waals surface area contributed by atoms with Crippen LogP contribution in [0.1, 0.15) is 12.0 Å². The van der Waals surface area contributed by atoms with E-state index in [1.54, 1.807) is 6.07 Å². The van der Waals surface area contributed by atoms with Crippen molar-refractivity contribution >= 4 is 5.69 Å². The molecule has 0 aromatic heterocycles. The van der Waals surface area contributed by atoms with Crippen LogP contribution in [0.3, 0.4) is 0 Å². The first-order valence-electron chi connectivity index (χ1n) is 4.71. The van der Waals surface area contributed by atoms with Gasteiger partial charge in [0.2, 0.25) is 0 Å². The number of rotatable bonds is 4. The fourth-order valence-corrected chi connectivity index (χ4v) is 1.13. The van der Waals surface area contributed by atoms with E-state index in [0.29, 0.717) is 0 Å². The van der Waals surface area contributed by atoms with E-state index in [2.05, 4.69) is 0 Å². The second-order valence-electron chi connectivity index (χ2n) is 3.27. The van der Waals surface area contributed by atoms with Gasteiger partial charge in [0.15, 0.2) is 5.75 Å². The quantitative estimate of drug-likeness (QED) is 0.616. The monoisotopic (exact) mass is 260 g/mol. The van der Waals surface area contributed by atoms with Crippen molar-refractivity contribution in [1.82, 2.24) is 0 Å². The zero-order valence-electron chi connectivity index (χ0n) is 8.90. The van der Waals surface area contributed by atoms with Gasteiger partial charge in [-0.2, -0.15) is 18.4 Å². The Morgan fingerprint density at radius 1 is 1.44 bits per heavy atom. The predicted octanol–water partition coefficient (Wildman–Crippen LogP) is 2.80. The minimum atomic E-state index is -4.39. The maximum Gasteiger partial charge on any atom is 0.392 e. The first-order chi connectivity index (χ1) is 8.33. The molecule has 0 saturated carbocycles. The molecular weight excluding hydrogens is 253 g/mol. The van der Waals surface area contributed by atoms with Crippen LogP contribution in [-0.2, 0) is 0 Å². The molecule has 1 aromatic carbocycles. The minimum absolute atomic E-state index is 0.0323. The molecule has 0 atom stereocenters. The normalized spacial score (nSPS) is 10.8. The SMILES string of the molecule is N#Cc1ccc(OCCC(F)(F)F)c([N+](=O)[O-])c1. The second kappa shape index (κ2) is 5.35. The molecule has 0 N–H and O–H groups in total. The van der Waals surface area contributed by atoms with E-state index >= 15 is 0 Å². The molecule has 0 unspecified atom stereocenters. The number of hydrogen-bond donors (Lipinski definition) is 0. The van der Waals surface area contributed by atoms with E-state index in [4.69, 9.17) is 10.00 Å². The molecule has 0 bridgehead atoms. The average Bonchev–Trinajstić information content (AvgIpc) is 2.27. The Morgan fingerprint density at radius 2 is 2.11 bits per heavy atom. The lowest BCUT2D eigenvalue weighted by Crippen LogP contribution is -2.13. The summed E-state index contributed by atoms with van der Waals surface area (Å²) in [7, 11) is 0. The summed E-state index contributed by atoms with van der Waals surface area (Å²) in [5, 5.41) is 19.2. The predicted molar refractivity (Wildman–Crippen MR) is 54.0 cm³/mol. The van der Waals surface area contributed by atoms with Crippen LogP contribution < -0.4 is 4.74 Å². The molecular formula is C10H7F3N2O3. The molecule has 0 aliphatic heterocycles. The Labute approximate surface area is 99.5 Å². The molecule has 0 saturated heterocycles. The molecule has 0 fully saturated rings. The topological polar surface area (TPSA) is 76.2 Å². The van der Waals surface area contributed by atoms with Crippen LogP contribution in [-0.4, -0.2) is 17.7 Å². The van der Waals surface area contributed by atoms with Crippen LogP contribution in [0.25, 0.3) is 0 Å². The third-order valence-corrected chi connectivity index (χ3v) is 1.93. The van der Waals surface area contributed by atoms with Crippen LogP contribution in [0.15, 0.2) is 18.2 Å². The van der Waals surface area contributed by atoms with Gasteiger partial charge in [-0.25, -0.2) is 0 Å². The molecule has 0 aliphatic rings. The summed E-state index contributed by atoms with van der Waals surface area (Å²) in [5.41, 5.74) is -0.499. The maximum absolute atomic E-state index is 11.9. The Morgan fingerprint density at radius 3 is 2.61 bits per heavy atom. The molecule has 1 rings (SSSR count). The number of hydrogen-bond acceptors (Lipinski definition) is 4. The minimum Gasteiger partial charge on any atom is -0.486 e. The second-order valence-corrected chi connectivity index (χ2v) is 3.27. The summed E-state index contributed by atoms with van der Waals surface area (Å²) in [6, 6.07) is 4.97. The molecule has 8 heteroatoms. The van der Waals surface area contributed by atoms with E-state index in [1.165, 1.54) is 6.07 Å². The van der Waals surface area contributed by atoms with Crippen molar-refractivity contribution in [2.24, 2.45) is 0 Å². The Hall–Kier alpha value is -2.30.